The van der Waals surface area contributed by atoms with E-state index in [-0.39, 0.29) is 6.10 Å². The molecule has 0 aliphatic carbocycles. The number of hydrogen-bond acceptors (Lipinski definition) is 4. The molecule has 88 valence electrons. The van der Waals surface area contributed by atoms with Gasteiger partial charge in [0, 0.05) is 25.5 Å². The second-order valence-corrected chi connectivity index (χ2v) is 4.09. The first-order valence-corrected chi connectivity index (χ1v) is 5.72. The summed E-state index contributed by atoms with van der Waals surface area (Å²) in [4.78, 5) is 3.92. The molecule has 4 nitrogen and oxygen atoms in total. The number of nitrogens with one attached hydrogen (secondary N) is 1. The van der Waals surface area contributed by atoms with E-state index in [4.69, 9.17) is 21.1 Å². The number of hydrogen-bond donors (Lipinski definition) is 1. The molecule has 1 aromatic rings. The van der Waals surface area contributed by atoms with Gasteiger partial charge in [-0.1, -0.05) is 11.6 Å². The summed E-state index contributed by atoms with van der Waals surface area (Å²) < 4.78 is 11.1. The van der Waals surface area contributed by atoms with Crippen LogP contribution in [0.25, 0.3) is 0 Å². The van der Waals surface area contributed by atoms with Crippen LogP contribution in [0.3, 0.4) is 0 Å². The molecule has 1 atom stereocenters. The zero-order valence-corrected chi connectivity index (χ0v) is 9.74. The van der Waals surface area contributed by atoms with E-state index in [9.17, 15) is 0 Å². The predicted molar refractivity (Wildman–Crippen MR) is 61.5 cm³/mol. The van der Waals surface area contributed by atoms with Gasteiger partial charge in [0.1, 0.15) is 0 Å². The van der Waals surface area contributed by atoms with Crippen molar-refractivity contribution in [3.8, 4) is 0 Å². The lowest BCUT2D eigenvalue weighted by molar-refractivity contribution is -0.0357. The maximum absolute atomic E-state index is 5.96. The second kappa shape index (κ2) is 6.15. The smallest absolute Gasteiger partial charge is 0.0933 e. The summed E-state index contributed by atoms with van der Waals surface area (Å²) in [6.07, 6.45) is 3.48. The van der Waals surface area contributed by atoms with Crippen molar-refractivity contribution in [3.05, 3.63) is 29.0 Å². The van der Waals surface area contributed by atoms with Crippen molar-refractivity contribution in [2.24, 2.45) is 0 Å². The summed E-state index contributed by atoms with van der Waals surface area (Å²) >= 11 is 5.96. The number of rotatable bonds is 4. The Labute approximate surface area is 99.9 Å². The van der Waals surface area contributed by atoms with Crippen LogP contribution in [0.15, 0.2) is 18.5 Å². The van der Waals surface area contributed by atoms with E-state index in [1.165, 1.54) is 0 Å². The van der Waals surface area contributed by atoms with Crippen molar-refractivity contribution in [2.75, 3.05) is 26.3 Å². The third-order valence-corrected chi connectivity index (χ3v) is 2.76. The molecule has 1 unspecified atom stereocenters. The molecule has 1 N–H and O–H groups in total. The highest BCUT2D eigenvalue weighted by molar-refractivity contribution is 6.31. The van der Waals surface area contributed by atoms with Crippen LogP contribution in [0.1, 0.15) is 5.56 Å². The fourth-order valence-corrected chi connectivity index (χ4v) is 1.72. The van der Waals surface area contributed by atoms with Gasteiger partial charge >= 0.3 is 0 Å². The highest BCUT2D eigenvalue weighted by Crippen LogP contribution is 2.14. The minimum Gasteiger partial charge on any atom is -0.374 e. The summed E-state index contributed by atoms with van der Waals surface area (Å²) in [6, 6.07) is 1.86. The molecule has 1 aromatic heterocycles. The van der Waals surface area contributed by atoms with Crippen LogP contribution in [0, 0.1) is 0 Å². The van der Waals surface area contributed by atoms with Gasteiger partial charge in [-0.05, 0) is 11.6 Å². The lowest BCUT2D eigenvalue weighted by atomic mass is 10.3. The largest absolute Gasteiger partial charge is 0.374 e. The van der Waals surface area contributed by atoms with Gasteiger partial charge < -0.3 is 14.8 Å². The molecule has 1 saturated heterocycles. The molecule has 1 fully saturated rings. The minimum atomic E-state index is 0.148. The van der Waals surface area contributed by atoms with E-state index in [0.717, 1.165) is 25.3 Å². The quantitative estimate of drug-likeness (QED) is 0.863. The maximum Gasteiger partial charge on any atom is 0.0933 e. The standard InChI is InChI=1S/C11H15ClN2O2/c12-11-6-13-2-1-9(11)7-15-8-10-5-14-3-4-16-10/h1-2,6,10,14H,3-5,7-8H2. The normalized spacial score (nSPS) is 20.9. The Hall–Kier alpha value is -0.680. The third-order valence-electron chi connectivity index (χ3n) is 2.42. The van der Waals surface area contributed by atoms with E-state index >= 15 is 0 Å². The lowest BCUT2D eigenvalue weighted by Crippen LogP contribution is -2.40. The van der Waals surface area contributed by atoms with Gasteiger partial charge in [0.05, 0.1) is 30.9 Å². The first-order valence-electron chi connectivity index (χ1n) is 5.34. The molecule has 0 aromatic carbocycles. The summed E-state index contributed by atoms with van der Waals surface area (Å²) in [5.41, 5.74) is 0.959. The molecule has 16 heavy (non-hydrogen) atoms. The van der Waals surface area contributed by atoms with Gasteiger partial charge in [-0.25, -0.2) is 0 Å². The van der Waals surface area contributed by atoms with Crippen LogP contribution in [0.5, 0.6) is 0 Å². The minimum absolute atomic E-state index is 0.148. The van der Waals surface area contributed by atoms with Crippen LogP contribution in [-0.4, -0.2) is 37.4 Å². The molecule has 0 amide bonds. The molecule has 0 bridgehead atoms. The van der Waals surface area contributed by atoms with Crippen molar-refractivity contribution in [3.63, 3.8) is 0 Å². The first-order chi connectivity index (χ1) is 7.86. The van der Waals surface area contributed by atoms with Crippen molar-refractivity contribution in [1.82, 2.24) is 10.3 Å². The second-order valence-electron chi connectivity index (χ2n) is 3.68. The Kier molecular flexibility index (Phi) is 4.54. The van der Waals surface area contributed by atoms with Crippen molar-refractivity contribution < 1.29 is 9.47 Å². The Bertz CT molecular complexity index is 330. The fraction of sp³-hybridized carbons (Fsp3) is 0.545. The number of morpholine rings is 1. The average molecular weight is 243 g/mol. The SMILES string of the molecule is Clc1cnccc1COCC1CNCCO1. The van der Waals surface area contributed by atoms with Crippen LogP contribution in [0.2, 0.25) is 5.02 Å². The molecule has 0 radical (unpaired) electrons. The highest BCUT2D eigenvalue weighted by atomic mass is 35.5. The highest BCUT2D eigenvalue weighted by Gasteiger charge is 2.13. The summed E-state index contributed by atoms with van der Waals surface area (Å²) in [7, 11) is 0. The van der Waals surface area contributed by atoms with Gasteiger partial charge in [-0.15, -0.1) is 0 Å². The van der Waals surface area contributed by atoms with Gasteiger partial charge in [0.2, 0.25) is 0 Å². The van der Waals surface area contributed by atoms with Crippen LogP contribution < -0.4 is 5.32 Å². The summed E-state index contributed by atoms with van der Waals surface area (Å²) in [5, 5.41) is 3.90. The molecule has 0 saturated carbocycles. The monoisotopic (exact) mass is 242 g/mol. The number of ether oxygens (including phenoxy) is 2. The van der Waals surface area contributed by atoms with Gasteiger partial charge in [-0.3, -0.25) is 4.98 Å². The average Bonchev–Trinajstić information content (AvgIpc) is 2.33. The third kappa shape index (κ3) is 3.42. The Morgan fingerprint density at radius 1 is 1.62 bits per heavy atom. The molecular weight excluding hydrogens is 228 g/mol. The number of pyridine rings is 1. The van der Waals surface area contributed by atoms with Crippen LogP contribution in [0.4, 0.5) is 0 Å². The van der Waals surface area contributed by atoms with Crippen molar-refractivity contribution in [2.45, 2.75) is 12.7 Å². The molecule has 1 aliphatic rings. The van der Waals surface area contributed by atoms with E-state index < -0.39 is 0 Å². The van der Waals surface area contributed by atoms with Crippen molar-refractivity contribution in [1.29, 1.82) is 0 Å². The molecular formula is C11H15ClN2O2. The Morgan fingerprint density at radius 2 is 2.56 bits per heavy atom. The summed E-state index contributed by atoms with van der Waals surface area (Å²) in [6.45, 7) is 3.62. The zero-order chi connectivity index (χ0) is 11.2. The Balaban J connectivity index is 1.73. The Morgan fingerprint density at radius 3 is 3.31 bits per heavy atom. The number of nitrogens with zero attached hydrogens (tertiary/aromatic N) is 1. The molecule has 5 heteroatoms. The number of aromatic nitrogens is 1. The van der Waals surface area contributed by atoms with Crippen molar-refractivity contribution >= 4 is 11.6 Å². The molecule has 0 spiro atoms. The van der Waals surface area contributed by atoms with Gasteiger partial charge in [-0.2, -0.15) is 0 Å². The number of halogens is 1. The predicted octanol–water partition coefficient (Wildman–Crippen LogP) is 1.24. The molecule has 1 aliphatic heterocycles. The lowest BCUT2D eigenvalue weighted by Gasteiger charge is -2.23. The van der Waals surface area contributed by atoms with E-state index in [1.54, 1.807) is 12.4 Å². The first kappa shape index (κ1) is 11.8. The van der Waals surface area contributed by atoms with E-state index in [0.29, 0.717) is 18.2 Å². The van der Waals surface area contributed by atoms with E-state index in [1.807, 2.05) is 6.07 Å². The van der Waals surface area contributed by atoms with Gasteiger partial charge in [0.15, 0.2) is 0 Å². The van der Waals surface area contributed by atoms with E-state index in [2.05, 4.69) is 10.3 Å². The maximum atomic E-state index is 5.96. The van der Waals surface area contributed by atoms with Gasteiger partial charge in [0.25, 0.3) is 0 Å². The van der Waals surface area contributed by atoms with Crippen LogP contribution >= 0.6 is 11.6 Å². The zero-order valence-electron chi connectivity index (χ0n) is 8.99. The molecule has 2 rings (SSSR count). The fourth-order valence-electron chi connectivity index (χ4n) is 1.55. The summed E-state index contributed by atoms with van der Waals surface area (Å²) in [5.74, 6) is 0. The van der Waals surface area contributed by atoms with Crippen LogP contribution in [-0.2, 0) is 16.1 Å². The topological polar surface area (TPSA) is 43.4 Å². The molecule has 2 heterocycles.